The maximum Gasteiger partial charge on any atom is 0.151 e. The number of aryl methyl sites for hydroxylation is 1. The Morgan fingerprint density at radius 1 is 1.00 bits per heavy atom. The standard InChI is InChI=1S/C14H17N3/c1-9-6-5-7-12(8-9)13-10(2)11(3)14(15-4)17-16-13/h5-8H,1-4H3,(H,15,17). The fourth-order valence-corrected chi connectivity index (χ4v) is 1.91. The van der Waals surface area contributed by atoms with Crippen LogP contribution in [-0.2, 0) is 0 Å². The fourth-order valence-electron chi connectivity index (χ4n) is 1.91. The van der Waals surface area contributed by atoms with Crippen molar-refractivity contribution >= 4 is 5.82 Å². The molecule has 2 aromatic rings. The molecule has 0 spiro atoms. The molecule has 0 unspecified atom stereocenters. The van der Waals surface area contributed by atoms with Crippen molar-refractivity contribution in [3.63, 3.8) is 0 Å². The number of rotatable bonds is 2. The van der Waals surface area contributed by atoms with Crippen molar-refractivity contribution in [3.05, 3.63) is 41.0 Å². The number of hydrogen-bond donors (Lipinski definition) is 1. The van der Waals surface area contributed by atoms with Gasteiger partial charge in [-0.3, -0.25) is 0 Å². The average molecular weight is 227 g/mol. The molecule has 0 aliphatic rings. The second kappa shape index (κ2) is 4.53. The van der Waals surface area contributed by atoms with Crippen LogP contribution in [0, 0.1) is 20.8 Å². The van der Waals surface area contributed by atoms with Gasteiger partial charge in [0.25, 0.3) is 0 Å². The van der Waals surface area contributed by atoms with Crippen LogP contribution in [0.25, 0.3) is 11.3 Å². The first kappa shape index (κ1) is 11.6. The Morgan fingerprint density at radius 2 is 1.76 bits per heavy atom. The lowest BCUT2D eigenvalue weighted by Crippen LogP contribution is -2.02. The molecule has 0 aliphatic heterocycles. The van der Waals surface area contributed by atoms with Crippen LogP contribution in [0.15, 0.2) is 24.3 Å². The van der Waals surface area contributed by atoms with Gasteiger partial charge in [0.05, 0.1) is 5.69 Å². The Labute approximate surface area is 102 Å². The SMILES string of the molecule is CNc1nnc(-c2cccc(C)c2)c(C)c1C. The zero-order chi connectivity index (χ0) is 12.4. The summed E-state index contributed by atoms with van der Waals surface area (Å²) in [7, 11) is 1.86. The summed E-state index contributed by atoms with van der Waals surface area (Å²) >= 11 is 0. The Hall–Kier alpha value is -1.90. The van der Waals surface area contributed by atoms with Crippen LogP contribution < -0.4 is 5.32 Å². The van der Waals surface area contributed by atoms with E-state index in [4.69, 9.17) is 0 Å². The first-order chi connectivity index (χ1) is 8.13. The minimum absolute atomic E-state index is 0.846. The van der Waals surface area contributed by atoms with Crippen molar-refractivity contribution in [2.75, 3.05) is 12.4 Å². The van der Waals surface area contributed by atoms with Gasteiger partial charge in [-0.1, -0.05) is 23.8 Å². The number of aromatic nitrogens is 2. The number of benzene rings is 1. The molecule has 1 N–H and O–H groups in total. The molecule has 0 bridgehead atoms. The first-order valence-electron chi connectivity index (χ1n) is 5.72. The Morgan fingerprint density at radius 3 is 2.41 bits per heavy atom. The maximum atomic E-state index is 4.31. The van der Waals surface area contributed by atoms with E-state index < -0.39 is 0 Å². The van der Waals surface area contributed by atoms with Gasteiger partial charge in [-0.15, -0.1) is 10.2 Å². The summed E-state index contributed by atoms with van der Waals surface area (Å²) in [6.45, 7) is 6.23. The van der Waals surface area contributed by atoms with Crippen molar-refractivity contribution in [1.29, 1.82) is 0 Å². The highest BCUT2D eigenvalue weighted by Gasteiger charge is 2.10. The molecular formula is C14H17N3. The van der Waals surface area contributed by atoms with Gasteiger partial charge in [-0.25, -0.2) is 0 Å². The molecule has 0 saturated carbocycles. The Bertz CT molecular complexity index is 547. The lowest BCUT2D eigenvalue weighted by molar-refractivity contribution is 1.00. The normalized spacial score (nSPS) is 10.4. The van der Waals surface area contributed by atoms with Crippen LogP contribution in [0.5, 0.6) is 0 Å². The minimum Gasteiger partial charge on any atom is -0.371 e. The van der Waals surface area contributed by atoms with Crippen molar-refractivity contribution in [1.82, 2.24) is 10.2 Å². The van der Waals surface area contributed by atoms with Gasteiger partial charge in [-0.05, 0) is 38.0 Å². The monoisotopic (exact) mass is 227 g/mol. The zero-order valence-electron chi connectivity index (χ0n) is 10.7. The molecule has 0 aliphatic carbocycles. The number of nitrogens with zero attached hydrogens (tertiary/aromatic N) is 2. The number of anilines is 1. The molecule has 1 aromatic heterocycles. The summed E-state index contributed by atoms with van der Waals surface area (Å²) in [4.78, 5) is 0. The molecule has 0 atom stereocenters. The second-order valence-electron chi connectivity index (χ2n) is 4.27. The van der Waals surface area contributed by atoms with Crippen molar-refractivity contribution < 1.29 is 0 Å². The zero-order valence-corrected chi connectivity index (χ0v) is 10.7. The highest BCUT2D eigenvalue weighted by atomic mass is 15.2. The molecule has 1 heterocycles. The van der Waals surface area contributed by atoms with Crippen LogP contribution in [0.4, 0.5) is 5.82 Å². The van der Waals surface area contributed by atoms with Gasteiger partial charge in [0.1, 0.15) is 0 Å². The average Bonchev–Trinajstić information content (AvgIpc) is 2.32. The third kappa shape index (κ3) is 2.13. The minimum atomic E-state index is 0.846. The Kier molecular flexibility index (Phi) is 3.09. The summed E-state index contributed by atoms with van der Waals surface area (Å²) in [6.07, 6.45) is 0. The lowest BCUT2D eigenvalue weighted by Gasteiger charge is -2.11. The number of nitrogens with one attached hydrogen (secondary N) is 1. The molecule has 17 heavy (non-hydrogen) atoms. The maximum absolute atomic E-state index is 4.31. The quantitative estimate of drug-likeness (QED) is 0.856. The summed E-state index contributed by atoms with van der Waals surface area (Å²) in [6, 6.07) is 8.34. The molecule has 88 valence electrons. The summed E-state index contributed by atoms with van der Waals surface area (Å²) in [5, 5.41) is 11.6. The molecule has 2 rings (SSSR count). The van der Waals surface area contributed by atoms with E-state index in [0.29, 0.717) is 0 Å². The topological polar surface area (TPSA) is 37.8 Å². The fraction of sp³-hybridized carbons (Fsp3) is 0.286. The smallest absolute Gasteiger partial charge is 0.151 e. The predicted molar refractivity (Wildman–Crippen MR) is 71.2 cm³/mol. The van der Waals surface area contributed by atoms with Crippen LogP contribution >= 0.6 is 0 Å². The third-order valence-corrected chi connectivity index (χ3v) is 3.05. The highest BCUT2D eigenvalue weighted by Crippen LogP contribution is 2.25. The number of hydrogen-bond acceptors (Lipinski definition) is 3. The van der Waals surface area contributed by atoms with Gasteiger partial charge >= 0.3 is 0 Å². The van der Waals surface area contributed by atoms with Gasteiger partial charge in [0.15, 0.2) is 5.82 Å². The van der Waals surface area contributed by atoms with Crippen LogP contribution in [0.3, 0.4) is 0 Å². The van der Waals surface area contributed by atoms with Crippen molar-refractivity contribution in [2.45, 2.75) is 20.8 Å². The lowest BCUT2D eigenvalue weighted by atomic mass is 10.0. The summed E-state index contributed by atoms with van der Waals surface area (Å²) in [5.41, 5.74) is 5.65. The predicted octanol–water partition coefficient (Wildman–Crippen LogP) is 3.11. The van der Waals surface area contributed by atoms with Crippen LogP contribution in [-0.4, -0.2) is 17.2 Å². The van der Waals surface area contributed by atoms with E-state index in [9.17, 15) is 0 Å². The molecule has 0 amide bonds. The van der Waals surface area contributed by atoms with Gasteiger partial charge in [-0.2, -0.15) is 0 Å². The van der Waals surface area contributed by atoms with E-state index in [-0.39, 0.29) is 0 Å². The molecule has 0 saturated heterocycles. The molecule has 0 radical (unpaired) electrons. The molecule has 3 heteroatoms. The van der Waals surface area contributed by atoms with E-state index in [1.54, 1.807) is 0 Å². The molecular weight excluding hydrogens is 210 g/mol. The summed E-state index contributed by atoms with van der Waals surface area (Å²) < 4.78 is 0. The van der Waals surface area contributed by atoms with Crippen LogP contribution in [0.2, 0.25) is 0 Å². The molecule has 1 aromatic carbocycles. The van der Waals surface area contributed by atoms with Crippen molar-refractivity contribution in [3.8, 4) is 11.3 Å². The van der Waals surface area contributed by atoms with Gasteiger partial charge in [0.2, 0.25) is 0 Å². The first-order valence-corrected chi connectivity index (χ1v) is 5.72. The largest absolute Gasteiger partial charge is 0.371 e. The van der Waals surface area contributed by atoms with Crippen molar-refractivity contribution in [2.24, 2.45) is 0 Å². The van der Waals surface area contributed by atoms with Gasteiger partial charge in [0, 0.05) is 12.6 Å². The third-order valence-electron chi connectivity index (χ3n) is 3.05. The van der Waals surface area contributed by atoms with E-state index in [0.717, 1.165) is 22.6 Å². The molecule has 0 fully saturated rings. The van der Waals surface area contributed by atoms with E-state index in [2.05, 4.69) is 54.5 Å². The highest BCUT2D eigenvalue weighted by molar-refractivity contribution is 5.66. The summed E-state index contributed by atoms with van der Waals surface area (Å²) in [5.74, 6) is 0.846. The van der Waals surface area contributed by atoms with E-state index in [1.165, 1.54) is 11.1 Å². The Balaban J connectivity index is 2.57. The van der Waals surface area contributed by atoms with Gasteiger partial charge < -0.3 is 5.32 Å². The van der Waals surface area contributed by atoms with E-state index in [1.807, 2.05) is 13.1 Å². The van der Waals surface area contributed by atoms with E-state index >= 15 is 0 Å². The second-order valence-corrected chi connectivity index (χ2v) is 4.27. The van der Waals surface area contributed by atoms with Crippen LogP contribution in [0.1, 0.15) is 16.7 Å². The molecule has 3 nitrogen and oxygen atoms in total.